The van der Waals surface area contributed by atoms with Crippen LogP contribution in [0.25, 0.3) is 5.76 Å². The number of aliphatic hydroxyl groups is 1. The Labute approximate surface area is 194 Å². The zero-order valence-corrected chi connectivity index (χ0v) is 19.2. The second-order valence-electron chi connectivity index (χ2n) is 7.52. The van der Waals surface area contributed by atoms with Crippen molar-refractivity contribution in [2.75, 3.05) is 7.11 Å². The molecule has 0 aliphatic carbocycles. The van der Waals surface area contributed by atoms with Gasteiger partial charge in [0.1, 0.15) is 11.5 Å². The van der Waals surface area contributed by atoms with Gasteiger partial charge in [0.15, 0.2) is 0 Å². The van der Waals surface area contributed by atoms with E-state index in [4.69, 9.17) is 4.74 Å². The number of carbonyl (C=O) groups is 2. The van der Waals surface area contributed by atoms with Crippen LogP contribution in [0.2, 0.25) is 0 Å². The van der Waals surface area contributed by atoms with E-state index in [1.165, 1.54) is 4.90 Å². The van der Waals surface area contributed by atoms with Crippen molar-refractivity contribution in [1.29, 1.82) is 0 Å². The molecule has 0 bridgehead atoms. The second-order valence-corrected chi connectivity index (χ2v) is 8.44. The average Bonchev–Trinajstić information content (AvgIpc) is 3.04. The van der Waals surface area contributed by atoms with Crippen LogP contribution < -0.4 is 4.74 Å². The number of aryl methyl sites for hydroxylation is 1. The van der Waals surface area contributed by atoms with Crippen LogP contribution in [0, 0.1) is 6.92 Å². The van der Waals surface area contributed by atoms with Crippen molar-refractivity contribution in [1.82, 2.24) is 9.88 Å². The largest absolute Gasteiger partial charge is 0.507 e. The number of aromatic nitrogens is 1. The van der Waals surface area contributed by atoms with Crippen LogP contribution in [0.4, 0.5) is 0 Å². The molecule has 0 saturated carbocycles. The van der Waals surface area contributed by atoms with E-state index >= 15 is 0 Å². The van der Waals surface area contributed by atoms with Crippen molar-refractivity contribution in [3.63, 3.8) is 0 Å². The third-order valence-electron chi connectivity index (χ3n) is 5.47. The van der Waals surface area contributed by atoms with Crippen molar-refractivity contribution in [2.45, 2.75) is 19.5 Å². The van der Waals surface area contributed by atoms with Crippen molar-refractivity contribution >= 4 is 33.4 Å². The maximum absolute atomic E-state index is 13.1. The van der Waals surface area contributed by atoms with Gasteiger partial charge in [-0.15, -0.1) is 0 Å². The predicted molar refractivity (Wildman–Crippen MR) is 124 cm³/mol. The molecule has 0 radical (unpaired) electrons. The van der Waals surface area contributed by atoms with Crippen LogP contribution in [0.15, 0.2) is 77.0 Å². The molecule has 0 unspecified atom stereocenters. The Morgan fingerprint density at radius 2 is 1.91 bits per heavy atom. The Hall–Kier alpha value is -3.45. The fourth-order valence-corrected chi connectivity index (χ4v) is 4.17. The maximum atomic E-state index is 13.1. The Morgan fingerprint density at radius 3 is 2.53 bits per heavy atom. The molecule has 32 heavy (non-hydrogen) atoms. The molecule has 1 atom stereocenters. The lowest BCUT2D eigenvalue weighted by Gasteiger charge is -2.25. The number of hydrogen-bond acceptors (Lipinski definition) is 5. The fraction of sp³-hybridized carbons (Fsp3) is 0.160. The number of aliphatic hydroxyl groups excluding tert-OH is 1. The van der Waals surface area contributed by atoms with Gasteiger partial charge in [0, 0.05) is 29.0 Å². The summed E-state index contributed by atoms with van der Waals surface area (Å²) in [4.78, 5) is 31.8. The summed E-state index contributed by atoms with van der Waals surface area (Å²) < 4.78 is 6.16. The van der Waals surface area contributed by atoms with Gasteiger partial charge in [-0.05, 0) is 60.0 Å². The molecule has 4 rings (SSSR count). The molecular formula is C25H21BrN2O4. The van der Waals surface area contributed by atoms with Crippen LogP contribution in [0.5, 0.6) is 5.75 Å². The first-order chi connectivity index (χ1) is 15.4. The van der Waals surface area contributed by atoms with E-state index < -0.39 is 17.7 Å². The minimum atomic E-state index is -0.731. The maximum Gasteiger partial charge on any atom is 0.295 e. The topological polar surface area (TPSA) is 79.7 Å². The molecule has 1 N–H and O–H groups in total. The minimum absolute atomic E-state index is 0.0609. The highest BCUT2D eigenvalue weighted by molar-refractivity contribution is 9.10. The van der Waals surface area contributed by atoms with Gasteiger partial charge >= 0.3 is 0 Å². The standard InChI is InChI=1S/C25H21BrN2O4/c1-15-12-18(7-10-20(15)32-2)23(29)21-22(17-5-8-19(26)9-6-17)28(25(31)24(21)30)14-16-4-3-11-27-13-16/h3-13,22,29H,14H2,1-2H3/b23-21+/t22-/m1/s1. The highest BCUT2D eigenvalue weighted by atomic mass is 79.9. The number of rotatable bonds is 5. The number of nitrogens with zero attached hydrogens (tertiary/aromatic N) is 2. The number of ketones is 1. The molecule has 1 aliphatic rings. The summed E-state index contributed by atoms with van der Waals surface area (Å²) in [6.07, 6.45) is 3.31. The molecule has 1 amide bonds. The first kappa shape index (κ1) is 21.8. The molecule has 1 saturated heterocycles. The van der Waals surface area contributed by atoms with E-state index in [-0.39, 0.29) is 17.9 Å². The summed E-state index contributed by atoms with van der Waals surface area (Å²) in [6, 6.07) is 15.4. The minimum Gasteiger partial charge on any atom is -0.507 e. The van der Waals surface area contributed by atoms with Crippen molar-refractivity contribution < 1.29 is 19.4 Å². The van der Waals surface area contributed by atoms with Crippen molar-refractivity contribution in [3.8, 4) is 5.75 Å². The quantitative estimate of drug-likeness (QED) is 0.314. The molecule has 1 fully saturated rings. The van der Waals surface area contributed by atoms with E-state index in [1.807, 2.05) is 37.3 Å². The van der Waals surface area contributed by atoms with Crippen LogP contribution in [0.3, 0.4) is 0 Å². The van der Waals surface area contributed by atoms with Crippen molar-refractivity contribution in [3.05, 3.63) is 99.3 Å². The smallest absolute Gasteiger partial charge is 0.295 e. The van der Waals surface area contributed by atoms with Gasteiger partial charge in [-0.1, -0.05) is 34.1 Å². The number of likely N-dealkylation sites (tertiary alicyclic amines) is 1. The summed E-state index contributed by atoms with van der Waals surface area (Å²) in [6.45, 7) is 2.04. The Kier molecular flexibility index (Phi) is 6.10. The van der Waals surface area contributed by atoms with Crippen LogP contribution >= 0.6 is 15.9 Å². The van der Waals surface area contributed by atoms with Gasteiger partial charge in [-0.3, -0.25) is 14.6 Å². The van der Waals surface area contributed by atoms with Crippen LogP contribution in [-0.4, -0.2) is 33.8 Å². The zero-order chi connectivity index (χ0) is 22.8. The normalized spacial score (nSPS) is 17.6. The van der Waals surface area contributed by atoms with E-state index in [0.29, 0.717) is 11.3 Å². The van der Waals surface area contributed by atoms with Gasteiger partial charge in [-0.25, -0.2) is 0 Å². The number of hydrogen-bond donors (Lipinski definition) is 1. The second kappa shape index (κ2) is 8.96. The molecule has 3 aromatic rings. The highest BCUT2D eigenvalue weighted by Crippen LogP contribution is 2.40. The number of ether oxygens (including phenoxy) is 1. The van der Waals surface area contributed by atoms with E-state index in [2.05, 4.69) is 20.9 Å². The number of Topliss-reactive ketones (excluding diaryl/α,β-unsaturated/α-hetero) is 1. The molecule has 2 heterocycles. The summed E-state index contributed by atoms with van der Waals surface area (Å²) >= 11 is 3.42. The van der Waals surface area contributed by atoms with Gasteiger partial charge < -0.3 is 14.7 Å². The van der Waals surface area contributed by atoms with Gasteiger partial charge in [0.25, 0.3) is 11.7 Å². The van der Waals surface area contributed by atoms with Crippen LogP contribution in [-0.2, 0) is 16.1 Å². The predicted octanol–water partition coefficient (Wildman–Crippen LogP) is 4.78. The summed E-state index contributed by atoms with van der Waals surface area (Å²) in [5.74, 6) is -0.917. The summed E-state index contributed by atoms with van der Waals surface area (Å²) in [5, 5.41) is 11.2. The lowest BCUT2D eigenvalue weighted by molar-refractivity contribution is -0.140. The Morgan fingerprint density at radius 1 is 1.16 bits per heavy atom. The number of halogens is 1. The average molecular weight is 493 g/mol. The molecular weight excluding hydrogens is 472 g/mol. The lowest BCUT2D eigenvalue weighted by atomic mass is 9.94. The number of methoxy groups -OCH3 is 1. The van der Waals surface area contributed by atoms with Crippen molar-refractivity contribution in [2.24, 2.45) is 0 Å². The molecule has 162 valence electrons. The monoisotopic (exact) mass is 492 g/mol. The molecule has 7 heteroatoms. The molecule has 0 spiro atoms. The van der Waals surface area contributed by atoms with E-state index in [1.54, 1.807) is 43.8 Å². The lowest BCUT2D eigenvalue weighted by Crippen LogP contribution is -2.29. The summed E-state index contributed by atoms with van der Waals surface area (Å²) in [5.41, 5.74) is 2.83. The Balaban J connectivity index is 1.86. The third-order valence-corrected chi connectivity index (χ3v) is 6.00. The Bertz CT molecular complexity index is 1210. The summed E-state index contributed by atoms with van der Waals surface area (Å²) in [7, 11) is 1.57. The van der Waals surface area contributed by atoms with Gasteiger partial charge in [0.05, 0.1) is 18.7 Å². The van der Waals surface area contributed by atoms with Gasteiger partial charge in [-0.2, -0.15) is 0 Å². The molecule has 1 aromatic heterocycles. The highest BCUT2D eigenvalue weighted by Gasteiger charge is 2.46. The third kappa shape index (κ3) is 4.03. The number of benzene rings is 2. The van der Waals surface area contributed by atoms with E-state index in [9.17, 15) is 14.7 Å². The number of carbonyl (C=O) groups excluding carboxylic acids is 2. The first-order valence-electron chi connectivity index (χ1n) is 9.98. The van der Waals surface area contributed by atoms with Crippen LogP contribution in [0.1, 0.15) is 28.3 Å². The molecule has 1 aliphatic heterocycles. The van der Waals surface area contributed by atoms with E-state index in [0.717, 1.165) is 21.2 Å². The van der Waals surface area contributed by atoms with Gasteiger partial charge in [0.2, 0.25) is 0 Å². The fourth-order valence-electron chi connectivity index (χ4n) is 3.90. The number of pyridine rings is 1. The molecule has 2 aromatic carbocycles. The zero-order valence-electron chi connectivity index (χ0n) is 17.6. The SMILES string of the molecule is COc1ccc(/C(O)=C2\C(=O)C(=O)N(Cc3cccnc3)[C@@H]2c2ccc(Br)cc2)cc1C. The first-order valence-corrected chi connectivity index (χ1v) is 10.8. The number of amides is 1. The molecule has 6 nitrogen and oxygen atoms in total.